The monoisotopic (exact) mass is 349 g/mol. The Bertz CT molecular complexity index is 886. The molecule has 0 aromatic heterocycles. The molecule has 1 heterocycles. The van der Waals surface area contributed by atoms with Crippen molar-refractivity contribution in [2.45, 2.75) is 13.8 Å². The van der Waals surface area contributed by atoms with Gasteiger partial charge in [0.1, 0.15) is 5.70 Å². The molecule has 1 aliphatic rings. The van der Waals surface area contributed by atoms with E-state index in [4.69, 9.17) is 0 Å². The van der Waals surface area contributed by atoms with E-state index in [0.29, 0.717) is 23.4 Å². The zero-order valence-corrected chi connectivity index (χ0v) is 14.6. The molecule has 2 aromatic rings. The van der Waals surface area contributed by atoms with Gasteiger partial charge in [0.05, 0.1) is 5.57 Å². The predicted octanol–water partition coefficient (Wildman–Crippen LogP) is 2.86. The number of para-hydroxylation sites is 1. The van der Waals surface area contributed by atoms with Crippen molar-refractivity contribution in [3.05, 3.63) is 65.9 Å². The standard InChI is InChI=1S/C20H19N3O3/c1-3-23-19(25)17(14-9-11-16(12-10-14)21-13(2)24)18(20(23)26)22-15-7-5-4-6-8-15/h4-12,22H,3H2,1-2H3,(H,21,24). The Morgan fingerprint density at radius 3 is 2.15 bits per heavy atom. The third-order valence-corrected chi connectivity index (χ3v) is 4.02. The summed E-state index contributed by atoms with van der Waals surface area (Å²) < 4.78 is 0. The van der Waals surface area contributed by atoms with Gasteiger partial charge in [0.15, 0.2) is 0 Å². The Hall–Kier alpha value is -3.41. The molecule has 3 amide bonds. The van der Waals surface area contributed by atoms with Crippen LogP contribution < -0.4 is 10.6 Å². The van der Waals surface area contributed by atoms with Crippen molar-refractivity contribution in [2.75, 3.05) is 17.2 Å². The fourth-order valence-electron chi connectivity index (χ4n) is 2.84. The molecule has 6 heteroatoms. The molecule has 6 nitrogen and oxygen atoms in total. The average Bonchev–Trinajstić information content (AvgIpc) is 2.86. The molecular weight excluding hydrogens is 330 g/mol. The largest absolute Gasteiger partial charge is 0.350 e. The Balaban J connectivity index is 2.01. The molecule has 0 atom stereocenters. The maximum atomic E-state index is 12.7. The molecule has 0 radical (unpaired) electrons. The number of amides is 3. The van der Waals surface area contributed by atoms with Gasteiger partial charge < -0.3 is 10.6 Å². The van der Waals surface area contributed by atoms with Crippen LogP contribution in [0.4, 0.5) is 11.4 Å². The molecule has 0 spiro atoms. The molecule has 0 fully saturated rings. The van der Waals surface area contributed by atoms with Crippen LogP contribution in [0.5, 0.6) is 0 Å². The SMILES string of the molecule is CCN1C(=O)C(Nc2ccccc2)=C(c2ccc(NC(C)=O)cc2)C1=O. The van der Waals surface area contributed by atoms with Gasteiger partial charge in [-0.2, -0.15) is 0 Å². The van der Waals surface area contributed by atoms with E-state index in [1.807, 2.05) is 30.3 Å². The van der Waals surface area contributed by atoms with Gasteiger partial charge in [0.25, 0.3) is 11.8 Å². The second-order valence-electron chi connectivity index (χ2n) is 5.85. The Morgan fingerprint density at radius 1 is 0.923 bits per heavy atom. The normalized spacial score (nSPS) is 14.0. The number of carbonyl (C=O) groups excluding carboxylic acids is 3. The lowest BCUT2D eigenvalue weighted by molar-refractivity contribution is -0.136. The van der Waals surface area contributed by atoms with E-state index in [9.17, 15) is 14.4 Å². The minimum absolute atomic E-state index is 0.173. The van der Waals surface area contributed by atoms with Crippen molar-refractivity contribution in [3.8, 4) is 0 Å². The van der Waals surface area contributed by atoms with Crippen molar-refractivity contribution in [1.82, 2.24) is 4.90 Å². The highest BCUT2D eigenvalue weighted by molar-refractivity contribution is 6.36. The molecule has 0 saturated heterocycles. The fraction of sp³-hybridized carbons (Fsp3) is 0.150. The summed E-state index contributed by atoms with van der Waals surface area (Å²) in [6, 6.07) is 16.1. The summed E-state index contributed by atoms with van der Waals surface area (Å²) in [5.41, 5.74) is 2.56. The van der Waals surface area contributed by atoms with E-state index >= 15 is 0 Å². The highest BCUT2D eigenvalue weighted by Gasteiger charge is 2.38. The molecule has 0 saturated carbocycles. The van der Waals surface area contributed by atoms with Gasteiger partial charge in [0, 0.05) is 24.8 Å². The molecule has 0 bridgehead atoms. The van der Waals surface area contributed by atoms with Crippen LogP contribution in [0.3, 0.4) is 0 Å². The minimum atomic E-state index is -0.345. The summed E-state index contributed by atoms with van der Waals surface area (Å²) in [6.45, 7) is 3.49. The van der Waals surface area contributed by atoms with Crippen molar-refractivity contribution in [3.63, 3.8) is 0 Å². The molecule has 0 aliphatic carbocycles. The molecule has 1 aliphatic heterocycles. The summed E-state index contributed by atoms with van der Waals surface area (Å²) in [7, 11) is 0. The lowest BCUT2D eigenvalue weighted by Crippen LogP contribution is -2.32. The highest BCUT2D eigenvalue weighted by Crippen LogP contribution is 2.30. The van der Waals surface area contributed by atoms with Gasteiger partial charge in [-0.15, -0.1) is 0 Å². The number of nitrogens with zero attached hydrogens (tertiary/aromatic N) is 1. The number of benzene rings is 2. The van der Waals surface area contributed by atoms with E-state index in [1.54, 1.807) is 31.2 Å². The zero-order chi connectivity index (χ0) is 18.7. The number of anilines is 2. The third-order valence-electron chi connectivity index (χ3n) is 4.02. The van der Waals surface area contributed by atoms with Crippen LogP contribution in [0.15, 0.2) is 60.3 Å². The van der Waals surface area contributed by atoms with E-state index in [2.05, 4.69) is 10.6 Å². The highest BCUT2D eigenvalue weighted by atomic mass is 16.2. The zero-order valence-electron chi connectivity index (χ0n) is 14.6. The summed E-state index contributed by atoms with van der Waals surface area (Å²) in [4.78, 5) is 37.8. The number of hydrogen-bond donors (Lipinski definition) is 2. The topological polar surface area (TPSA) is 78.5 Å². The van der Waals surface area contributed by atoms with Crippen LogP contribution in [0.2, 0.25) is 0 Å². The minimum Gasteiger partial charge on any atom is -0.350 e. The molecule has 2 aromatic carbocycles. The summed E-state index contributed by atoms with van der Waals surface area (Å²) in [5.74, 6) is -0.849. The maximum absolute atomic E-state index is 12.7. The lowest BCUT2D eigenvalue weighted by atomic mass is 10.0. The molecule has 2 N–H and O–H groups in total. The van der Waals surface area contributed by atoms with Crippen LogP contribution in [0.25, 0.3) is 5.57 Å². The van der Waals surface area contributed by atoms with Crippen molar-refractivity contribution in [2.24, 2.45) is 0 Å². The molecule has 132 valence electrons. The van der Waals surface area contributed by atoms with Crippen LogP contribution in [0.1, 0.15) is 19.4 Å². The first-order valence-corrected chi connectivity index (χ1v) is 8.31. The lowest BCUT2D eigenvalue weighted by Gasteiger charge is -2.12. The quantitative estimate of drug-likeness (QED) is 0.814. The Kier molecular flexibility index (Phi) is 4.84. The van der Waals surface area contributed by atoms with Crippen LogP contribution in [-0.2, 0) is 14.4 Å². The number of carbonyl (C=O) groups is 3. The van der Waals surface area contributed by atoms with Gasteiger partial charge in [-0.05, 0) is 36.8 Å². The number of likely N-dealkylation sites (N-methyl/N-ethyl adjacent to an activating group) is 1. The van der Waals surface area contributed by atoms with Crippen molar-refractivity contribution in [1.29, 1.82) is 0 Å². The van der Waals surface area contributed by atoms with E-state index < -0.39 is 0 Å². The summed E-state index contributed by atoms with van der Waals surface area (Å²) in [6.07, 6.45) is 0. The molecule has 0 unspecified atom stereocenters. The van der Waals surface area contributed by atoms with Gasteiger partial charge in [0.2, 0.25) is 5.91 Å². The second-order valence-corrected chi connectivity index (χ2v) is 5.85. The smallest absolute Gasteiger partial charge is 0.278 e. The van der Waals surface area contributed by atoms with E-state index in [1.165, 1.54) is 11.8 Å². The fourth-order valence-corrected chi connectivity index (χ4v) is 2.84. The van der Waals surface area contributed by atoms with Gasteiger partial charge in [-0.1, -0.05) is 30.3 Å². The first-order valence-electron chi connectivity index (χ1n) is 8.31. The number of hydrogen-bond acceptors (Lipinski definition) is 4. The van der Waals surface area contributed by atoms with Crippen LogP contribution >= 0.6 is 0 Å². The number of nitrogens with one attached hydrogen (secondary N) is 2. The third kappa shape index (κ3) is 3.35. The predicted molar refractivity (Wildman–Crippen MR) is 100 cm³/mol. The summed E-state index contributed by atoms with van der Waals surface area (Å²) in [5, 5.41) is 5.76. The summed E-state index contributed by atoms with van der Waals surface area (Å²) >= 11 is 0. The van der Waals surface area contributed by atoms with Gasteiger partial charge in [-0.3, -0.25) is 19.3 Å². The Labute approximate surface area is 151 Å². The van der Waals surface area contributed by atoms with E-state index in [0.717, 1.165) is 5.69 Å². The maximum Gasteiger partial charge on any atom is 0.278 e. The van der Waals surface area contributed by atoms with Crippen LogP contribution in [-0.4, -0.2) is 29.2 Å². The van der Waals surface area contributed by atoms with Crippen LogP contribution in [0, 0.1) is 0 Å². The molecule has 26 heavy (non-hydrogen) atoms. The first-order chi connectivity index (χ1) is 12.5. The number of imide groups is 1. The van der Waals surface area contributed by atoms with Gasteiger partial charge in [-0.25, -0.2) is 0 Å². The van der Waals surface area contributed by atoms with Crippen molar-refractivity contribution < 1.29 is 14.4 Å². The molecule has 3 rings (SSSR count). The first kappa shape index (κ1) is 17.4. The van der Waals surface area contributed by atoms with Crippen molar-refractivity contribution >= 4 is 34.7 Å². The number of rotatable bonds is 5. The van der Waals surface area contributed by atoms with Gasteiger partial charge >= 0.3 is 0 Å². The second kappa shape index (κ2) is 7.23. The Morgan fingerprint density at radius 2 is 1.58 bits per heavy atom. The molecular formula is C20H19N3O3. The average molecular weight is 349 g/mol. The van der Waals surface area contributed by atoms with E-state index in [-0.39, 0.29) is 23.4 Å².